The molecule has 1 fully saturated rings. The summed E-state index contributed by atoms with van der Waals surface area (Å²) in [6.45, 7) is 6.77. The molecule has 23 heavy (non-hydrogen) atoms. The number of piperidine rings is 1. The number of hydrogen-bond acceptors (Lipinski definition) is 3. The van der Waals surface area contributed by atoms with Crippen molar-refractivity contribution in [2.24, 2.45) is 11.8 Å². The molecule has 1 aliphatic heterocycles. The molecule has 0 bridgehead atoms. The van der Waals surface area contributed by atoms with Crippen molar-refractivity contribution in [1.29, 1.82) is 0 Å². The van der Waals surface area contributed by atoms with Gasteiger partial charge in [-0.3, -0.25) is 4.79 Å². The van der Waals surface area contributed by atoms with E-state index in [1.165, 1.54) is 12.8 Å². The molecule has 2 rings (SSSR count). The second-order valence-electron chi connectivity index (χ2n) is 6.46. The van der Waals surface area contributed by atoms with Gasteiger partial charge in [0.25, 0.3) is 0 Å². The highest BCUT2D eigenvalue weighted by Gasteiger charge is 2.22. The van der Waals surface area contributed by atoms with E-state index in [9.17, 15) is 4.79 Å². The van der Waals surface area contributed by atoms with Crippen molar-refractivity contribution in [3.8, 4) is 5.75 Å². The normalized spacial score (nSPS) is 18.2. The molecule has 1 heterocycles. The number of hydrogen-bond donors (Lipinski definition) is 2. The van der Waals surface area contributed by atoms with Gasteiger partial charge in [-0.25, -0.2) is 0 Å². The summed E-state index contributed by atoms with van der Waals surface area (Å²) in [5, 5.41) is 6.99. The molecule has 2 N–H and O–H groups in total. The zero-order valence-electron chi connectivity index (χ0n) is 14.0. The third kappa shape index (κ3) is 6.40. The quantitative estimate of drug-likeness (QED) is 0.802. The maximum Gasteiger partial charge on any atom is 0.220 e. The maximum atomic E-state index is 12.1. The number of amides is 1. The van der Waals surface area contributed by atoms with Crippen molar-refractivity contribution < 1.29 is 9.53 Å². The number of ether oxygens (including phenoxy) is 1. The summed E-state index contributed by atoms with van der Waals surface area (Å²) in [4.78, 5) is 12.1. The van der Waals surface area contributed by atoms with E-state index in [1.54, 1.807) is 6.07 Å². The zero-order valence-corrected chi connectivity index (χ0v) is 14.7. The van der Waals surface area contributed by atoms with Crippen LogP contribution in [0.25, 0.3) is 0 Å². The van der Waals surface area contributed by atoms with Crippen molar-refractivity contribution in [2.45, 2.75) is 39.2 Å². The summed E-state index contributed by atoms with van der Waals surface area (Å²) in [6, 6.07) is 7.30. The first-order valence-electron chi connectivity index (χ1n) is 8.44. The Morgan fingerprint density at radius 1 is 1.39 bits per heavy atom. The van der Waals surface area contributed by atoms with Crippen LogP contribution in [0.3, 0.4) is 0 Å². The van der Waals surface area contributed by atoms with Gasteiger partial charge in [-0.1, -0.05) is 24.6 Å². The summed E-state index contributed by atoms with van der Waals surface area (Å²) in [5.41, 5.74) is 0. The second-order valence-corrected chi connectivity index (χ2v) is 6.90. The van der Waals surface area contributed by atoms with Crippen LogP contribution in [0.1, 0.15) is 33.1 Å². The van der Waals surface area contributed by atoms with E-state index in [0.29, 0.717) is 29.8 Å². The van der Waals surface area contributed by atoms with Gasteiger partial charge in [0.1, 0.15) is 11.9 Å². The predicted octanol–water partition coefficient (Wildman–Crippen LogP) is 3.25. The first-order valence-corrected chi connectivity index (χ1v) is 8.82. The first-order chi connectivity index (χ1) is 11.0. The molecule has 0 aromatic heterocycles. The molecule has 0 radical (unpaired) electrons. The van der Waals surface area contributed by atoms with Crippen molar-refractivity contribution >= 4 is 17.5 Å². The standard InChI is InChI=1S/C18H27ClN2O2/c1-13(15-6-8-20-9-7-15)10-18(22)21-12-14(2)23-17-5-3-4-16(19)11-17/h3-5,11,13-15,20H,6-10,12H2,1-2H3,(H,21,22). The largest absolute Gasteiger partial charge is 0.489 e. The lowest BCUT2D eigenvalue weighted by Gasteiger charge is -2.28. The number of nitrogens with one attached hydrogen (secondary N) is 2. The van der Waals surface area contributed by atoms with Gasteiger partial charge in [0.15, 0.2) is 0 Å². The molecule has 5 heteroatoms. The SMILES string of the molecule is CC(CNC(=O)CC(C)C1CCNCC1)Oc1cccc(Cl)c1. The molecule has 4 nitrogen and oxygen atoms in total. The van der Waals surface area contributed by atoms with Gasteiger partial charge in [-0.15, -0.1) is 0 Å². The van der Waals surface area contributed by atoms with Crippen LogP contribution in [0.4, 0.5) is 0 Å². The molecule has 1 saturated heterocycles. The molecule has 0 aliphatic carbocycles. The Morgan fingerprint density at radius 2 is 2.13 bits per heavy atom. The molecule has 1 aliphatic rings. The lowest BCUT2D eigenvalue weighted by molar-refractivity contribution is -0.122. The van der Waals surface area contributed by atoms with Crippen molar-refractivity contribution in [2.75, 3.05) is 19.6 Å². The average molecular weight is 339 g/mol. The first kappa shape index (κ1) is 18.1. The molecule has 1 aromatic rings. The number of benzene rings is 1. The molecule has 0 saturated carbocycles. The van der Waals surface area contributed by atoms with E-state index in [0.717, 1.165) is 18.8 Å². The monoisotopic (exact) mass is 338 g/mol. The zero-order chi connectivity index (χ0) is 16.7. The predicted molar refractivity (Wildman–Crippen MR) is 93.9 cm³/mol. The van der Waals surface area contributed by atoms with Crippen LogP contribution in [0.2, 0.25) is 5.02 Å². The summed E-state index contributed by atoms with van der Waals surface area (Å²) < 4.78 is 5.76. The van der Waals surface area contributed by atoms with E-state index >= 15 is 0 Å². The minimum atomic E-state index is -0.0911. The Bertz CT molecular complexity index is 504. The van der Waals surface area contributed by atoms with E-state index in [-0.39, 0.29) is 12.0 Å². The lowest BCUT2D eigenvalue weighted by atomic mass is 9.84. The van der Waals surface area contributed by atoms with E-state index in [2.05, 4.69) is 17.6 Å². The van der Waals surface area contributed by atoms with Gasteiger partial charge in [-0.05, 0) is 62.9 Å². The fourth-order valence-electron chi connectivity index (χ4n) is 3.02. The minimum Gasteiger partial charge on any atom is -0.489 e. The van der Waals surface area contributed by atoms with Crippen LogP contribution in [0.5, 0.6) is 5.75 Å². The minimum absolute atomic E-state index is 0.0911. The molecular formula is C18H27ClN2O2. The van der Waals surface area contributed by atoms with Crippen LogP contribution >= 0.6 is 11.6 Å². The Morgan fingerprint density at radius 3 is 2.83 bits per heavy atom. The van der Waals surface area contributed by atoms with Crippen molar-refractivity contribution in [3.63, 3.8) is 0 Å². The lowest BCUT2D eigenvalue weighted by Crippen LogP contribution is -2.36. The third-order valence-corrected chi connectivity index (χ3v) is 4.65. The van der Waals surface area contributed by atoms with Crippen LogP contribution < -0.4 is 15.4 Å². The van der Waals surface area contributed by atoms with E-state index in [4.69, 9.17) is 16.3 Å². The number of carbonyl (C=O) groups is 1. The van der Waals surface area contributed by atoms with E-state index in [1.807, 2.05) is 25.1 Å². The topological polar surface area (TPSA) is 50.4 Å². The number of rotatable bonds is 7. The number of carbonyl (C=O) groups excluding carboxylic acids is 1. The van der Waals surface area contributed by atoms with Crippen molar-refractivity contribution in [1.82, 2.24) is 10.6 Å². The average Bonchev–Trinajstić information content (AvgIpc) is 2.54. The van der Waals surface area contributed by atoms with Crippen LogP contribution in [0, 0.1) is 11.8 Å². The van der Waals surface area contributed by atoms with Crippen LogP contribution in [-0.4, -0.2) is 31.6 Å². The van der Waals surface area contributed by atoms with Crippen LogP contribution in [-0.2, 0) is 4.79 Å². The van der Waals surface area contributed by atoms with E-state index < -0.39 is 0 Å². The van der Waals surface area contributed by atoms with Gasteiger partial charge in [0.2, 0.25) is 5.91 Å². The molecule has 2 unspecified atom stereocenters. The summed E-state index contributed by atoms with van der Waals surface area (Å²) in [6.07, 6.45) is 2.84. The van der Waals surface area contributed by atoms with Gasteiger partial charge in [-0.2, -0.15) is 0 Å². The Labute approximate surface area is 143 Å². The van der Waals surface area contributed by atoms with Crippen molar-refractivity contribution in [3.05, 3.63) is 29.3 Å². The second kappa shape index (κ2) is 9.14. The Hall–Kier alpha value is -1.26. The molecule has 0 spiro atoms. The maximum absolute atomic E-state index is 12.1. The van der Waals surface area contributed by atoms with Gasteiger partial charge in [0.05, 0.1) is 6.54 Å². The summed E-state index contributed by atoms with van der Waals surface area (Å²) in [5.74, 6) is 1.92. The van der Waals surface area contributed by atoms with Gasteiger partial charge in [0, 0.05) is 11.4 Å². The summed E-state index contributed by atoms with van der Waals surface area (Å²) in [7, 11) is 0. The molecule has 2 atom stereocenters. The highest BCUT2D eigenvalue weighted by molar-refractivity contribution is 6.30. The third-order valence-electron chi connectivity index (χ3n) is 4.42. The molecule has 1 aromatic carbocycles. The highest BCUT2D eigenvalue weighted by atomic mass is 35.5. The van der Waals surface area contributed by atoms with Gasteiger partial charge >= 0.3 is 0 Å². The smallest absolute Gasteiger partial charge is 0.220 e. The fraction of sp³-hybridized carbons (Fsp3) is 0.611. The van der Waals surface area contributed by atoms with Crippen LogP contribution in [0.15, 0.2) is 24.3 Å². The highest BCUT2D eigenvalue weighted by Crippen LogP contribution is 2.24. The molecular weight excluding hydrogens is 312 g/mol. The number of halogens is 1. The molecule has 1 amide bonds. The molecule has 128 valence electrons. The summed E-state index contributed by atoms with van der Waals surface area (Å²) >= 11 is 5.93. The van der Waals surface area contributed by atoms with Gasteiger partial charge < -0.3 is 15.4 Å². The Kier molecular flexibility index (Phi) is 7.18. The fourth-order valence-corrected chi connectivity index (χ4v) is 3.20. The Balaban J connectivity index is 1.68.